The molecule has 0 saturated heterocycles. The Hall–Kier alpha value is -2.40. The summed E-state index contributed by atoms with van der Waals surface area (Å²) in [5, 5.41) is 4.50. The predicted octanol–water partition coefficient (Wildman–Crippen LogP) is 3.91. The standard InChI is InChI=1S/C18H17NO3S/c1-2-8-19(11-13-7-9-23-12-13)18(21)17-10-15(20)14-5-3-4-6-16(14)22-17/h3-7,9-10,12H,2,8,11H2,1H3. The van der Waals surface area contributed by atoms with E-state index in [-0.39, 0.29) is 17.1 Å². The maximum absolute atomic E-state index is 12.8. The molecule has 5 heteroatoms. The molecule has 0 spiro atoms. The smallest absolute Gasteiger partial charge is 0.290 e. The monoisotopic (exact) mass is 327 g/mol. The zero-order chi connectivity index (χ0) is 16.2. The molecule has 0 aliphatic heterocycles. The molecule has 3 aromatic rings. The van der Waals surface area contributed by atoms with E-state index in [1.54, 1.807) is 40.5 Å². The van der Waals surface area contributed by atoms with Crippen LogP contribution in [0.5, 0.6) is 0 Å². The summed E-state index contributed by atoms with van der Waals surface area (Å²) in [6.45, 7) is 3.16. The number of hydrogen-bond acceptors (Lipinski definition) is 4. The Morgan fingerprint density at radius 3 is 2.83 bits per heavy atom. The normalized spacial score (nSPS) is 10.8. The van der Waals surface area contributed by atoms with Crippen LogP contribution < -0.4 is 5.43 Å². The van der Waals surface area contributed by atoms with Crippen LogP contribution in [0, 0.1) is 0 Å². The molecule has 0 unspecified atom stereocenters. The van der Waals surface area contributed by atoms with Gasteiger partial charge in [-0.1, -0.05) is 19.1 Å². The summed E-state index contributed by atoms with van der Waals surface area (Å²) in [4.78, 5) is 26.6. The van der Waals surface area contributed by atoms with Crippen LogP contribution in [-0.2, 0) is 6.54 Å². The molecule has 0 fully saturated rings. The molecule has 0 N–H and O–H groups in total. The summed E-state index contributed by atoms with van der Waals surface area (Å²) in [7, 11) is 0. The molecule has 0 radical (unpaired) electrons. The Balaban J connectivity index is 1.94. The van der Waals surface area contributed by atoms with Gasteiger partial charge in [0, 0.05) is 19.2 Å². The molecule has 0 atom stereocenters. The van der Waals surface area contributed by atoms with Crippen LogP contribution in [-0.4, -0.2) is 17.4 Å². The predicted molar refractivity (Wildman–Crippen MR) is 91.8 cm³/mol. The number of para-hydroxylation sites is 1. The number of amides is 1. The first-order valence-electron chi connectivity index (χ1n) is 7.52. The second-order valence-electron chi connectivity index (χ2n) is 5.33. The molecule has 0 saturated carbocycles. The Kier molecular flexibility index (Phi) is 4.57. The zero-order valence-electron chi connectivity index (χ0n) is 12.8. The topological polar surface area (TPSA) is 50.5 Å². The van der Waals surface area contributed by atoms with E-state index >= 15 is 0 Å². The summed E-state index contributed by atoms with van der Waals surface area (Å²) >= 11 is 1.60. The van der Waals surface area contributed by atoms with Gasteiger partial charge < -0.3 is 9.32 Å². The van der Waals surface area contributed by atoms with E-state index in [4.69, 9.17) is 4.42 Å². The van der Waals surface area contributed by atoms with Gasteiger partial charge in [-0.25, -0.2) is 0 Å². The highest BCUT2D eigenvalue weighted by Crippen LogP contribution is 2.16. The Labute approximate surface area is 138 Å². The summed E-state index contributed by atoms with van der Waals surface area (Å²) in [5.41, 5.74) is 1.33. The van der Waals surface area contributed by atoms with Crippen LogP contribution in [0.4, 0.5) is 0 Å². The van der Waals surface area contributed by atoms with Crippen molar-refractivity contribution >= 4 is 28.2 Å². The van der Waals surface area contributed by atoms with Crippen LogP contribution in [0.2, 0.25) is 0 Å². The molecule has 23 heavy (non-hydrogen) atoms. The molecule has 118 valence electrons. The Morgan fingerprint density at radius 2 is 2.09 bits per heavy atom. The van der Waals surface area contributed by atoms with Gasteiger partial charge in [-0.2, -0.15) is 11.3 Å². The molecule has 2 heterocycles. The van der Waals surface area contributed by atoms with Crippen LogP contribution in [0.15, 0.2) is 56.4 Å². The molecule has 0 bridgehead atoms. The fourth-order valence-electron chi connectivity index (χ4n) is 2.49. The molecule has 3 rings (SSSR count). The van der Waals surface area contributed by atoms with Crippen molar-refractivity contribution in [2.45, 2.75) is 19.9 Å². The molecular weight excluding hydrogens is 310 g/mol. The quantitative estimate of drug-likeness (QED) is 0.714. The fourth-order valence-corrected chi connectivity index (χ4v) is 3.15. The Bertz CT molecular complexity index is 867. The van der Waals surface area contributed by atoms with E-state index < -0.39 is 0 Å². The fraction of sp³-hybridized carbons (Fsp3) is 0.222. The first-order chi connectivity index (χ1) is 11.2. The van der Waals surface area contributed by atoms with Crippen LogP contribution in [0.1, 0.15) is 29.5 Å². The van der Waals surface area contributed by atoms with Crippen molar-refractivity contribution in [1.82, 2.24) is 4.90 Å². The first kappa shape index (κ1) is 15.5. The van der Waals surface area contributed by atoms with Gasteiger partial charge in [0.1, 0.15) is 5.58 Å². The molecule has 4 nitrogen and oxygen atoms in total. The van der Waals surface area contributed by atoms with E-state index in [1.165, 1.54) is 6.07 Å². The second kappa shape index (κ2) is 6.79. The van der Waals surface area contributed by atoms with Gasteiger partial charge in [0.15, 0.2) is 11.2 Å². The highest BCUT2D eigenvalue weighted by Gasteiger charge is 2.19. The maximum Gasteiger partial charge on any atom is 0.290 e. The van der Waals surface area contributed by atoms with Gasteiger partial charge in [-0.3, -0.25) is 9.59 Å². The Morgan fingerprint density at radius 1 is 1.26 bits per heavy atom. The minimum Gasteiger partial charge on any atom is -0.451 e. The van der Waals surface area contributed by atoms with Gasteiger partial charge in [0.05, 0.1) is 5.39 Å². The van der Waals surface area contributed by atoms with Crippen molar-refractivity contribution in [2.75, 3.05) is 6.54 Å². The highest BCUT2D eigenvalue weighted by molar-refractivity contribution is 7.07. The van der Waals surface area contributed by atoms with Gasteiger partial charge in [-0.05, 0) is 40.9 Å². The number of thiophene rings is 1. The number of fused-ring (bicyclic) bond motifs is 1. The lowest BCUT2D eigenvalue weighted by Gasteiger charge is -2.21. The lowest BCUT2D eigenvalue weighted by Crippen LogP contribution is -2.31. The number of carbonyl (C=O) groups is 1. The van der Waals surface area contributed by atoms with Gasteiger partial charge in [0.2, 0.25) is 0 Å². The van der Waals surface area contributed by atoms with Crippen molar-refractivity contribution in [3.63, 3.8) is 0 Å². The summed E-state index contributed by atoms with van der Waals surface area (Å²) in [5.74, 6) is -0.154. The van der Waals surface area contributed by atoms with Crippen LogP contribution in [0.3, 0.4) is 0 Å². The van der Waals surface area contributed by atoms with E-state index in [9.17, 15) is 9.59 Å². The van der Waals surface area contributed by atoms with E-state index in [0.29, 0.717) is 24.1 Å². The van der Waals surface area contributed by atoms with Gasteiger partial charge in [-0.15, -0.1) is 0 Å². The third kappa shape index (κ3) is 3.35. The number of rotatable bonds is 5. The largest absolute Gasteiger partial charge is 0.451 e. The molecule has 0 aliphatic rings. The summed E-state index contributed by atoms with van der Waals surface area (Å²) in [6, 6.07) is 10.3. The molecule has 1 aromatic carbocycles. The van der Waals surface area contributed by atoms with Crippen molar-refractivity contribution in [3.05, 3.63) is 68.7 Å². The van der Waals surface area contributed by atoms with Crippen molar-refractivity contribution in [3.8, 4) is 0 Å². The van der Waals surface area contributed by atoms with Crippen molar-refractivity contribution < 1.29 is 9.21 Å². The number of hydrogen-bond donors (Lipinski definition) is 0. The average Bonchev–Trinajstić information content (AvgIpc) is 3.07. The zero-order valence-corrected chi connectivity index (χ0v) is 13.6. The minimum atomic E-state index is -0.249. The maximum atomic E-state index is 12.8. The SMILES string of the molecule is CCCN(Cc1ccsc1)C(=O)c1cc(=O)c2ccccc2o1. The van der Waals surface area contributed by atoms with Crippen molar-refractivity contribution in [1.29, 1.82) is 0 Å². The van der Waals surface area contributed by atoms with E-state index in [2.05, 4.69) is 0 Å². The molecule has 1 amide bonds. The number of carbonyl (C=O) groups excluding carboxylic acids is 1. The second-order valence-corrected chi connectivity index (χ2v) is 6.11. The molecular formula is C18H17NO3S. The molecule has 2 aromatic heterocycles. The van der Waals surface area contributed by atoms with E-state index in [1.807, 2.05) is 23.8 Å². The molecule has 0 aliphatic carbocycles. The lowest BCUT2D eigenvalue weighted by atomic mass is 10.2. The van der Waals surface area contributed by atoms with Crippen LogP contribution in [0.25, 0.3) is 11.0 Å². The number of nitrogens with zero attached hydrogens (tertiary/aromatic N) is 1. The number of benzene rings is 1. The lowest BCUT2D eigenvalue weighted by molar-refractivity contribution is 0.0711. The highest BCUT2D eigenvalue weighted by atomic mass is 32.1. The third-order valence-corrected chi connectivity index (χ3v) is 4.31. The van der Waals surface area contributed by atoms with Crippen molar-refractivity contribution in [2.24, 2.45) is 0 Å². The van der Waals surface area contributed by atoms with E-state index in [0.717, 1.165) is 12.0 Å². The average molecular weight is 327 g/mol. The minimum absolute atomic E-state index is 0.0948. The third-order valence-electron chi connectivity index (χ3n) is 3.58. The van der Waals surface area contributed by atoms with Crippen LogP contribution >= 0.6 is 11.3 Å². The summed E-state index contributed by atoms with van der Waals surface area (Å²) in [6.07, 6.45) is 0.841. The van der Waals surface area contributed by atoms with Gasteiger partial charge in [0.25, 0.3) is 5.91 Å². The first-order valence-corrected chi connectivity index (χ1v) is 8.46. The summed E-state index contributed by atoms with van der Waals surface area (Å²) < 4.78 is 5.66. The van der Waals surface area contributed by atoms with Gasteiger partial charge >= 0.3 is 0 Å².